The van der Waals surface area contributed by atoms with E-state index >= 15 is 0 Å². The highest BCUT2D eigenvalue weighted by molar-refractivity contribution is 5.94. The summed E-state index contributed by atoms with van der Waals surface area (Å²) in [5.74, 6) is 0.148. The Morgan fingerprint density at radius 1 is 1.11 bits per heavy atom. The van der Waals surface area contributed by atoms with E-state index in [0.717, 1.165) is 37.3 Å². The molecular formula is C15H20N2O. The number of hydrogen-bond donors (Lipinski definition) is 0. The maximum absolute atomic E-state index is 12.3. The summed E-state index contributed by atoms with van der Waals surface area (Å²) in [6.07, 6.45) is 4.03. The molecule has 1 aliphatic heterocycles. The SMILES string of the molecule is C/C=C/c1ccc(C(=O)N2CCN(C)CC2)cc1. The van der Waals surface area contributed by atoms with Gasteiger partial charge in [-0.05, 0) is 31.7 Å². The molecule has 1 aliphatic rings. The fourth-order valence-corrected chi connectivity index (χ4v) is 2.12. The van der Waals surface area contributed by atoms with Gasteiger partial charge < -0.3 is 9.80 Å². The minimum Gasteiger partial charge on any atom is -0.336 e. The lowest BCUT2D eigenvalue weighted by Crippen LogP contribution is -2.47. The second kappa shape index (κ2) is 5.83. The van der Waals surface area contributed by atoms with Crippen molar-refractivity contribution in [3.8, 4) is 0 Å². The second-order valence-electron chi connectivity index (χ2n) is 4.72. The molecule has 0 aromatic heterocycles. The van der Waals surface area contributed by atoms with Crippen molar-refractivity contribution in [3.05, 3.63) is 41.5 Å². The van der Waals surface area contributed by atoms with Crippen LogP contribution in [-0.2, 0) is 0 Å². The number of carbonyl (C=O) groups is 1. The monoisotopic (exact) mass is 244 g/mol. The Labute approximate surface area is 109 Å². The summed E-state index contributed by atoms with van der Waals surface area (Å²) in [5, 5.41) is 0. The van der Waals surface area contributed by atoms with Crippen LogP contribution >= 0.6 is 0 Å². The molecule has 3 nitrogen and oxygen atoms in total. The summed E-state index contributed by atoms with van der Waals surface area (Å²) in [4.78, 5) is 16.4. The fourth-order valence-electron chi connectivity index (χ4n) is 2.12. The smallest absolute Gasteiger partial charge is 0.253 e. The Morgan fingerprint density at radius 3 is 2.28 bits per heavy atom. The van der Waals surface area contributed by atoms with Crippen LogP contribution in [-0.4, -0.2) is 48.9 Å². The van der Waals surface area contributed by atoms with Gasteiger partial charge in [-0.2, -0.15) is 0 Å². The van der Waals surface area contributed by atoms with Gasteiger partial charge in [-0.15, -0.1) is 0 Å². The number of benzene rings is 1. The Morgan fingerprint density at radius 2 is 1.72 bits per heavy atom. The maximum atomic E-state index is 12.3. The predicted molar refractivity (Wildman–Crippen MR) is 74.6 cm³/mol. The summed E-state index contributed by atoms with van der Waals surface area (Å²) in [7, 11) is 2.09. The zero-order valence-corrected chi connectivity index (χ0v) is 11.1. The Hall–Kier alpha value is -1.61. The van der Waals surface area contributed by atoms with Gasteiger partial charge in [0.15, 0.2) is 0 Å². The van der Waals surface area contributed by atoms with E-state index in [0.29, 0.717) is 0 Å². The number of allylic oxidation sites excluding steroid dienone is 1. The van der Waals surface area contributed by atoms with Crippen molar-refractivity contribution in [1.82, 2.24) is 9.80 Å². The van der Waals surface area contributed by atoms with E-state index in [1.165, 1.54) is 0 Å². The van der Waals surface area contributed by atoms with Crippen molar-refractivity contribution < 1.29 is 4.79 Å². The van der Waals surface area contributed by atoms with Crippen molar-refractivity contribution >= 4 is 12.0 Å². The molecule has 0 spiro atoms. The summed E-state index contributed by atoms with van der Waals surface area (Å²) in [5.41, 5.74) is 1.92. The number of hydrogen-bond acceptors (Lipinski definition) is 2. The molecule has 0 N–H and O–H groups in total. The zero-order chi connectivity index (χ0) is 13.0. The van der Waals surface area contributed by atoms with Crippen LogP contribution in [0.25, 0.3) is 6.08 Å². The minimum atomic E-state index is 0.148. The van der Waals surface area contributed by atoms with Gasteiger partial charge >= 0.3 is 0 Å². The van der Waals surface area contributed by atoms with Crippen molar-refractivity contribution in [2.45, 2.75) is 6.92 Å². The first-order valence-corrected chi connectivity index (χ1v) is 6.41. The van der Waals surface area contributed by atoms with E-state index in [1.54, 1.807) is 0 Å². The highest BCUT2D eigenvalue weighted by Gasteiger charge is 2.19. The third-order valence-corrected chi connectivity index (χ3v) is 3.31. The third kappa shape index (κ3) is 2.99. The van der Waals surface area contributed by atoms with E-state index < -0.39 is 0 Å². The van der Waals surface area contributed by atoms with Gasteiger partial charge in [0.25, 0.3) is 5.91 Å². The van der Waals surface area contributed by atoms with E-state index in [2.05, 4.69) is 11.9 Å². The molecule has 0 aliphatic carbocycles. The molecule has 18 heavy (non-hydrogen) atoms. The number of amides is 1. The van der Waals surface area contributed by atoms with Crippen LogP contribution in [0, 0.1) is 0 Å². The van der Waals surface area contributed by atoms with Gasteiger partial charge in [0.1, 0.15) is 0 Å². The van der Waals surface area contributed by atoms with Gasteiger partial charge in [0.05, 0.1) is 0 Å². The van der Waals surface area contributed by atoms with Crippen LogP contribution in [0.3, 0.4) is 0 Å². The van der Waals surface area contributed by atoms with Crippen LogP contribution in [0.1, 0.15) is 22.8 Å². The molecule has 1 aromatic carbocycles. The van der Waals surface area contributed by atoms with Crippen molar-refractivity contribution in [3.63, 3.8) is 0 Å². The largest absolute Gasteiger partial charge is 0.336 e. The first kappa shape index (κ1) is 12.8. The van der Waals surface area contributed by atoms with E-state index in [-0.39, 0.29) is 5.91 Å². The molecule has 1 aromatic rings. The molecule has 0 unspecified atom stereocenters. The molecule has 1 saturated heterocycles. The number of rotatable bonds is 2. The van der Waals surface area contributed by atoms with E-state index in [4.69, 9.17) is 0 Å². The van der Waals surface area contributed by atoms with Crippen molar-refractivity contribution in [2.24, 2.45) is 0 Å². The quantitative estimate of drug-likeness (QED) is 0.795. The van der Waals surface area contributed by atoms with Gasteiger partial charge in [-0.25, -0.2) is 0 Å². The van der Waals surface area contributed by atoms with Gasteiger partial charge in [-0.3, -0.25) is 4.79 Å². The fraction of sp³-hybridized carbons (Fsp3) is 0.400. The first-order chi connectivity index (χ1) is 8.70. The molecule has 0 atom stereocenters. The minimum absolute atomic E-state index is 0.148. The van der Waals surface area contributed by atoms with E-state index in [9.17, 15) is 4.79 Å². The predicted octanol–water partition coefficient (Wildman–Crippen LogP) is 2.11. The number of carbonyl (C=O) groups excluding carboxylic acids is 1. The number of nitrogens with zero attached hydrogens (tertiary/aromatic N) is 2. The number of likely N-dealkylation sites (N-methyl/N-ethyl adjacent to an activating group) is 1. The summed E-state index contributed by atoms with van der Waals surface area (Å²) < 4.78 is 0. The van der Waals surface area contributed by atoms with Crippen LogP contribution in [0.15, 0.2) is 30.3 Å². The normalized spacial score (nSPS) is 17.3. The summed E-state index contributed by atoms with van der Waals surface area (Å²) in [6.45, 7) is 5.56. The van der Waals surface area contributed by atoms with Gasteiger partial charge in [-0.1, -0.05) is 24.3 Å². The van der Waals surface area contributed by atoms with Crippen LogP contribution < -0.4 is 0 Å². The molecule has 3 heteroatoms. The second-order valence-corrected chi connectivity index (χ2v) is 4.72. The average molecular weight is 244 g/mol. The maximum Gasteiger partial charge on any atom is 0.253 e. The summed E-state index contributed by atoms with van der Waals surface area (Å²) >= 11 is 0. The molecule has 1 amide bonds. The summed E-state index contributed by atoms with van der Waals surface area (Å²) in [6, 6.07) is 7.80. The molecule has 96 valence electrons. The van der Waals surface area contributed by atoms with Crippen molar-refractivity contribution in [1.29, 1.82) is 0 Å². The molecule has 1 heterocycles. The van der Waals surface area contributed by atoms with Crippen molar-refractivity contribution in [2.75, 3.05) is 33.2 Å². The number of piperazine rings is 1. The molecule has 0 saturated carbocycles. The topological polar surface area (TPSA) is 23.6 Å². The van der Waals surface area contributed by atoms with Crippen LogP contribution in [0.2, 0.25) is 0 Å². The molecule has 2 rings (SSSR count). The average Bonchev–Trinajstić information content (AvgIpc) is 2.40. The Kier molecular flexibility index (Phi) is 4.15. The molecular weight excluding hydrogens is 224 g/mol. The highest BCUT2D eigenvalue weighted by atomic mass is 16.2. The lowest BCUT2D eigenvalue weighted by molar-refractivity contribution is 0.0664. The molecule has 1 fully saturated rings. The molecule has 0 bridgehead atoms. The van der Waals surface area contributed by atoms with Gasteiger partial charge in [0, 0.05) is 31.7 Å². The Balaban J connectivity index is 2.04. The standard InChI is InChI=1S/C15H20N2O/c1-3-4-13-5-7-14(8-6-13)15(18)17-11-9-16(2)10-12-17/h3-8H,9-12H2,1-2H3/b4-3+. The highest BCUT2D eigenvalue weighted by Crippen LogP contribution is 2.10. The first-order valence-electron chi connectivity index (χ1n) is 6.41. The van der Waals surface area contributed by atoms with Crippen LogP contribution in [0.4, 0.5) is 0 Å². The molecule has 0 radical (unpaired) electrons. The lowest BCUT2D eigenvalue weighted by atomic mass is 10.1. The van der Waals surface area contributed by atoms with E-state index in [1.807, 2.05) is 48.2 Å². The third-order valence-electron chi connectivity index (χ3n) is 3.31. The van der Waals surface area contributed by atoms with Gasteiger partial charge in [0.2, 0.25) is 0 Å². The Bertz CT molecular complexity index is 428. The lowest BCUT2D eigenvalue weighted by Gasteiger charge is -2.32. The zero-order valence-electron chi connectivity index (χ0n) is 11.1. The van der Waals surface area contributed by atoms with Crippen LogP contribution in [0.5, 0.6) is 0 Å².